The second kappa shape index (κ2) is 7.50. The van der Waals surface area contributed by atoms with Crippen LogP contribution in [0.4, 0.5) is 0 Å². The number of nitrogens with one attached hydrogen (secondary N) is 1. The van der Waals surface area contributed by atoms with E-state index in [0.717, 1.165) is 43.9 Å². The van der Waals surface area contributed by atoms with E-state index >= 15 is 0 Å². The van der Waals surface area contributed by atoms with E-state index in [2.05, 4.69) is 5.32 Å². The van der Waals surface area contributed by atoms with Gasteiger partial charge in [0.25, 0.3) is 0 Å². The van der Waals surface area contributed by atoms with Crippen molar-refractivity contribution in [3.05, 3.63) is 24.3 Å². The Bertz CT molecular complexity index is 402. The lowest BCUT2D eigenvalue weighted by molar-refractivity contribution is 0.0695. The highest BCUT2D eigenvalue weighted by molar-refractivity contribution is 5.39. The quantitative estimate of drug-likeness (QED) is 0.803. The summed E-state index contributed by atoms with van der Waals surface area (Å²) in [7, 11) is 0. The minimum Gasteiger partial charge on any atom is -0.490 e. The number of piperidine rings is 1. The Labute approximate surface area is 121 Å². The molecule has 112 valence electrons. The number of rotatable bonds is 7. The van der Waals surface area contributed by atoms with Crippen LogP contribution >= 0.6 is 0 Å². The average molecular weight is 279 g/mol. The Kier molecular flexibility index (Phi) is 5.68. The third-order valence-electron chi connectivity index (χ3n) is 3.94. The number of benzene rings is 1. The molecule has 1 aliphatic heterocycles. The SMILES string of the molecule is CCOc1ccccc1OCCC1(CO)CCCNC1. The smallest absolute Gasteiger partial charge is 0.161 e. The summed E-state index contributed by atoms with van der Waals surface area (Å²) in [5, 5.41) is 13.0. The van der Waals surface area contributed by atoms with Gasteiger partial charge in [-0.1, -0.05) is 12.1 Å². The van der Waals surface area contributed by atoms with Crippen LogP contribution in [0, 0.1) is 5.41 Å². The highest BCUT2D eigenvalue weighted by Gasteiger charge is 2.31. The summed E-state index contributed by atoms with van der Waals surface area (Å²) in [6.07, 6.45) is 3.04. The molecule has 0 amide bonds. The lowest BCUT2D eigenvalue weighted by Gasteiger charge is -2.36. The van der Waals surface area contributed by atoms with Gasteiger partial charge in [-0.15, -0.1) is 0 Å². The number of para-hydroxylation sites is 2. The average Bonchev–Trinajstić information content (AvgIpc) is 2.50. The molecular formula is C16H25NO3. The first-order valence-corrected chi connectivity index (χ1v) is 7.46. The molecule has 1 aromatic rings. The first kappa shape index (κ1) is 15.1. The normalized spacial score (nSPS) is 22.5. The molecule has 0 radical (unpaired) electrons. The second-order valence-electron chi connectivity index (χ2n) is 5.42. The maximum atomic E-state index is 9.66. The minimum absolute atomic E-state index is 0.0290. The molecule has 20 heavy (non-hydrogen) atoms. The molecule has 1 aromatic carbocycles. The fourth-order valence-electron chi connectivity index (χ4n) is 2.68. The van der Waals surface area contributed by atoms with Gasteiger partial charge in [0, 0.05) is 12.0 Å². The highest BCUT2D eigenvalue weighted by atomic mass is 16.5. The number of ether oxygens (including phenoxy) is 2. The second-order valence-corrected chi connectivity index (χ2v) is 5.42. The lowest BCUT2D eigenvalue weighted by Crippen LogP contribution is -2.43. The van der Waals surface area contributed by atoms with Gasteiger partial charge >= 0.3 is 0 Å². The first-order chi connectivity index (χ1) is 9.79. The van der Waals surface area contributed by atoms with Gasteiger partial charge in [0.05, 0.1) is 19.8 Å². The predicted molar refractivity (Wildman–Crippen MR) is 79.3 cm³/mol. The largest absolute Gasteiger partial charge is 0.490 e. The molecule has 4 heteroatoms. The van der Waals surface area contributed by atoms with Gasteiger partial charge in [-0.05, 0) is 44.9 Å². The fraction of sp³-hybridized carbons (Fsp3) is 0.625. The molecule has 1 aliphatic rings. The topological polar surface area (TPSA) is 50.7 Å². The Morgan fingerprint density at radius 3 is 2.60 bits per heavy atom. The lowest BCUT2D eigenvalue weighted by atomic mass is 9.79. The summed E-state index contributed by atoms with van der Waals surface area (Å²) in [6.45, 7) is 5.34. The molecular weight excluding hydrogens is 254 g/mol. The molecule has 1 saturated heterocycles. The van der Waals surface area contributed by atoms with Gasteiger partial charge in [0.2, 0.25) is 0 Å². The van der Waals surface area contributed by atoms with Gasteiger partial charge in [-0.3, -0.25) is 0 Å². The van der Waals surface area contributed by atoms with Crippen LogP contribution in [0.25, 0.3) is 0 Å². The summed E-state index contributed by atoms with van der Waals surface area (Å²) in [5.41, 5.74) is -0.0290. The Balaban J connectivity index is 1.88. The predicted octanol–water partition coefficient (Wildman–Crippen LogP) is 2.22. The Morgan fingerprint density at radius 1 is 1.25 bits per heavy atom. The number of aliphatic hydroxyl groups is 1. The number of hydrogen-bond donors (Lipinski definition) is 2. The summed E-state index contributed by atoms with van der Waals surface area (Å²) in [4.78, 5) is 0. The van der Waals surface area contributed by atoms with Crippen LogP contribution in [0.15, 0.2) is 24.3 Å². The van der Waals surface area contributed by atoms with Crippen LogP contribution in [0.5, 0.6) is 11.5 Å². The zero-order valence-corrected chi connectivity index (χ0v) is 12.2. The van der Waals surface area contributed by atoms with Crippen LogP contribution in [0.3, 0.4) is 0 Å². The van der Waals surface area contributed by atoms with Crippen LogP contribution < -0.4 is 14.8 Å². The highest BCUT2D eigenvalue weighted by Crippen LogP contribution is 2.31. The van der Waals surface area contributed by atoms with Crippen molar-refractivity contribution in [3.8, 4) is 11.5 Å². The molecule has 0 bridgehead atoms. The van der Waals surface area contributed by atoms with Crippen molar-refractivity contribution < 1.29 is 14.6 Å². The summed E-state index contributed by atoms with van der Waals surface area (Å²) >= 11 is 0. The molecule has 1 atom stereocenters. The third kappa shape index (κ3) is 3.87. The summed E-state index contributed by atoms with van der Waals surface area (Å²) < 4.78 is 11.4. The van der Waals surface area contributed by atoms with Crippen molar-refractivity contribution in [1.29, 1.82) is 0 Å². The van der Waals surface area contributed by atoms with Crippen LogP contribution in [0.2, 0.25) is 0 Å². The van der Waals surface area contributed by atoms with E-state index < -0.39 is 0 Å². The molecule has 4 nitrogen and oxygen atoms in total. The van der Waals surface area contributed by atoms with Crippen LogP contribution in [0.1, 0.15) is 26.2 Å². The maximum absolute atomic E-state index is 9.66. The zero-order chi connectivity index (χ0) is 14.3. The molecule has 1 heterocycles. The van der Waals surface area contributed by atoms with Crippen molar-refractivity contribution in [2.45, 2.75) is 26.2 Å². The monoisotopic (exact) mass is 279 g/mol. The third-order valence-corrected chi connectivity index (χ3v) is 3.94. The molecule has 0 spiro atoms. The number of aliphatic hydroxyl groups excluding tert-OH is 1. The zero-order valence-electron chi connectivity index (χ0n) is 12.2. The van der Waals surface area contributed by atoms with Gasteiger partial charge in [-0.25, -0.2) is 0 Å². The summed E-state index contributed by atoms with van der Waals surface area (Å²) in [5.74, 6) is 1.57. The van der Waals surface area contributed by atoms with E-state index in [4.69, 9.17) is 9.47 Å². The molecule has 0 aromatic heterocycles. The molecule has 0 saturated carbocycles. The van der Waals surface area contributed by atoms with Gasteiger partial charge in [-0.2, -0.15) is 0 Å². The molecule has 2 N–H and O–H groups in total. The molecule has 1 fully saturated rings. The fourth-order valence-corrected chi connectivity index (χ4v) is 2.68. The minimum atomic E-state index is -0.0290. The Morgan fingerprint density at radius 2 is 2.00 bits per heavy atom. The number of hydrogen-bond acceptors (Lipinski definition) is 4. The van der Waals surface area contributed by atoms with Crippen molar-refractivity contribution >= 4 is 0 Å². The van der Waals surface area contributed by atoms with Gasteiger partial charge in [0.15, 0.2) is 11.5 Å². The van der Waals surface area contributed by atoms with Gasteiger partial charge < -0.3 is 19.9 Å². The first-order valence-electron chi connectivity index (χ1n) is 7.46. The van der Waals surface area contributed by atoms with E-state index in [-0.39, 0.29) is 12.0 Å². The van der Waals surface area contributed by atoms with E-state index in [1.165, 1.54) is 0 Å². The summed E-state index contributed by atoms with van der Waals surface area (Å²) in [6, 6.07) is 7.73. The van der Waals surface area contributed by atoms with Crippen molar-refractivity contribution in [2.24, 2.45) is 5.41 Å². The van der Waals surface area contributed by atoms with Gasteiger partial charge in [0.1, 0.15) is 0 Å². The van der Waals surface area contributed by atoms with Crippen molar-refractivity contribution in [2.75, 3.05) is 32.9 Å². The van der Waals surface area contributed by atoms with E-state index in [0.29, 0.717) is 13.2 Å². The van der Waals surface area contributed by atoms with E-state index in [1.54, 1.807) is 0 Å². The molecule has 0 aliphatic carbocycles. The standard InChI is InChI=1S/C16H25NO3/c1-2-19-14-6-3-4-7-15(14)20-11-9-16(13-18)8-5-10-17-12-16/h3-4,6-7,17-18H,2,5,8-13H2,1H3. The van der Waals surface area contributed by atoms with E-state index in [9.17, 15) is 5.11 Å². The van der Waals surface area contributed by atoms with Crippen LogP contribution in [-0.2, 0) is 0 Å². The maximum Gasteiger partial charge on any atom is 0.161 e. The van der Waals surface area contributed by atoms with Crippen LogP contribution in [-0.4, -0.2) is 38.0 Å². The van der Waals surface area contributed by atoms with E-state index in [1.807, 2.05) is 31.2 Å². The Hall–Kier alpha value is -1.26. The molecule has 2 rings (SSSR count). The molecule has 1 unspecified atom stereocenters. The van der Waals surface area contributed by atoms with Crippen molar-refractivity contribution in [3.63, 3.8) is 0 Å². The van der Waals surface area contributed by atoms with Crippen molar-refractivity contribution in [1.82, 2.24) is 5.32 Å².